The maximum absolute atomic E-state index is 11.1. The molecule has 0 aliphatic heterocycles. The van der Waals surface area contributed by atoms with Gasteiger partial charge in [-0.3, -0.25) is 4.79 Å². The second-order valence-corrected chi connectivity index (χ2v) is 3.81. The molecule has 0 aromatic heterocycles. The highest BCUT2D eigenvalue weighted by Gasteiger charge is 2.04. The average Bonchev–Trinajstić information content (AvgIpc) is 2.21. The minimum absolute atomic E-state index is 0.0186. The van der Waals surface area contributed by atoms with Crippen LogP contribution in [0.4, 0.5) is 0 Å². The Balaban J connectivity index is 3.11. The van der Waals surface area contributed by atoms with Crippen LogP contribution in [0.3, 0.4) is 0 Å². The number of rotatable bonds is 10. The molecule has 4 heteroatoms. The fraction of sp³-hybridized carbons (Fsp3) is 0.917. The van der Waals surface area contributed by atoms with Gasteiger partial charge in [-0.2, -0.15) is 0 Å². The highest BCUT2D eigenvalue weighted by molar-refractivity contribution is 5.69. The van der Waals surface area contributed by atoms with Crippen molar-refractivity contribution < 1.29 is 19.0 Å². The maximum atomic E-state index is 11.1. The molecule has 16 heavy (non-hydrogen) atoms. The van der Waals surface area contributed by atoms with Crippen molar-refractivity contribution in [2.24, 2.45) is 0 Å². The fourth-order valence-corrected chi connectivity index (χ4v) is 1.16. The number of unbranched alkanes of at least 4 members (excludes halogenated alkanes) is 1. The van der Waals surface area contributed by atoms with Gasteiger partial charge in [0.2, 0.25) is 0 Å². The lowest BCUT2D eigenvalue weighted by atomic mass is 10.2. The zero-order valence-corrected chi connectivity index (χ0v) is 10.7. The molecule has 0 radical (unpaired) electrons. The summed E-state index contributed by atoms with van der Waals surface area (Å²) in [6.07, 6.45) is 2.17. The molecule has 0 rings (SSSR count). The van der Waals surface area contributed by atoms with E-state index < -0.39 is 0 Å². The minimum atomic E-state index is -0.121. The van der Waals surface area contributed by atoms with Gasteiger partial charge in [0.05, 0.1) is 19.3 Å². The van der Waals surface area contributed by atoms with Crippen molar-refractivity contribution >= 4 is 5.97 Å². The van der Waals surface area contributed by atoms with Gasteiger partial charge in [-0.25, -0.2) is 0 Å². The van der Waals surface area contributed by atoms with Gasteiger partial charge >= 0.3 is 5.97 Å². The lowest BCUT2D eigenvalue weighted by molar-refractivity contribution is -0.147. The molecule has 0 bridgehead atoms. The molecule has 0 saturated heterocycles. The Kier molecular flexibility index (Phi) is 10.5. The van der Waals surface area contributed by atoms with E-state index in [0.717, 1.165) is 19.4 Å². The topological polar surface area (TPSA) is 44.8 Å². The van der Waals surface area contributed by atoms with Crippen LogP contribution in [0, 0.1) is 0 Å². The van der Waals surface area contributed by atoms with E-state index in [0.29, 0.717) is 26.2 Å². The van der Waals surface area contributed by atoms with Crippen molar-refractivity contribution in [3.8, 4) is 0 Å². The third-order valence-corrected chi connectivity index (χ3v) is 1.86. The average molecular weight is 232 g/mol. The zero-order valence-electron chi connectivity index (χ0n) is 10.7. The molecule has 0 aliphatic rings. The van der Waals surface area contributed by atoms with Crippen LogP contribution in [0.5, 0.6) is 0 Å². The first-order chi connectivity index (χ1) is 7.66. The summed E-state index contributed by atoms with van der Waals surface area (Å²) in [5.74, 6) is -0.121. The van der Waals surface area contributed by atoms with Crippen LogP contribution in [0.2, 0.25) is 0 Å². The Morgan fingerprint density at radius 1 is 1.06 bits per heavy atom. The summed E-state index contributed by atoms with van der Waals surface area (Å²) in [4.78, 5) is 11.1. The standard InChI is InChI=1S/C12H24O4/c1-4-14-9-10-15-8-6-5-7-12(13)16-11(2)3/h11H,4-10H2,1-3H3. The monoisotopic (exact) mass is 232 g/mol. The number of hydrogen-bond acceptors (Lipinski definition) is 4. The van der Waals surface area contributed by atoms with Crippen molar-refractivity contribution in [3.05, 3.63) is 0 Å². The number of ether oxygens (including phenoxy) is 3. The molecule has 0 atom stereocenters. The smallest absolute Gasteiger partial charge is 0.306 e. The first-order valence-electron chi connectivity index (χ1n) is 6.01. The quantitative estimate of drug-likeness (QED) is 0.428. The van der Waals surface area contributed by atoms with Gasteiger partial charge in [0, 0.05) is 19.6 Å². The first kappa shape index (κ1) is 15.4. The van der Waals surface area contributed by atoms with Crippen molar-refractivity contribution in [1.82, 2.24) is 0 Å². The molecule has 0 saturated carbocycles. The predicted molar refractivity (Wildman–Crippen MR) is 62.4 cm³/mol. The Bertz CT molecular complexity index is 168. The van der Waals surface area contributed by atoms with E-state index in [1.54, 1.807) is 0 Å². The minimum Gasteiger partial charge on any atom is -0.463 e. The molecule has 0 heterocycles. The lowest BCUT2D eigenvalue weighted by Gasteiger charge is -2.07. The van der Waals surface area contributed by atoms with Gasteiger partial charge in [-0.1, -0.05) is 0 Å². The van der Waals surface area contributed by atoms with E-state index >= 15 is 0 Å². The van der Waals surface area contributed by atoms with E-state index in [2.05, 4.69) is 0 Å². The van der Waals surface area contributed by atoms with Crippen molar-refractivity contribution in [1.29, 1.82) is 0 Å². The van der Waals surface area contributed by atoms with Gasteiger partial charge in [0.15, 0.2) is 0 Å². The summed E-state index contributed by atoms with van der Waals surface area (Å²) >= 11 is 0. The van der Waals surface area contributed by atoms with Crippen LogP contribution < -0.4 is 0 Å². The lowest BCUT2D eigenvalue weighted by Crippen LogP contribution is -2.11. The van der Waals surface area contributed by atoms with Crippen molar-refractivity contribution in [2.45, 2.75) is 46.1 Å². The Labute approximate surface area is 98.3 Å². The molecule has 0 aromatic rings. The highest BCUT2D eigenvalue weighted by Crippen LogP contribution is 2.00. The second-order valence-electron chi connectivity index (χ2n) is 3.81. The molecular formula is C12H24O4. The summed E-state index contributed by atoms with van der Waals surface area (Å²) < 4.78 is 15.5. The molecular weight excluding hydrogens is 208 g/mol. The van der Waals surface area contributed by atoms with Gasteiger partial charge in [0.25, 0.3) is 0 Å². The Morgan fingerprint density at radius 3 is 2.38 bits per heavy atom. The Hall–Kier alpha value is -0.610. The summed E-state index contributed by atoms with van der Waals surface area (Å²) in [6.45, 7) is 8.35. The molecule has 0 spiro atoms. The number of hydrogen-bond donors (Lipinski definition) is 0. The Morgan fingerprint density at radius 2 is 1.75 bits per heavy atom. The van der Waals surface area contributed by atoms with E-state index in [9.17, 15) is 4.79 Å². The molecule has 0 N–H and O–H groups in total. The van der Waals surface area contributed by atoms with Crippen LogP contribution >= 0.6 is 0 Å². The maximum Gasteiger partial charge on any atom is 0.306 e. The van der Waals surface area contributed by atoms with E-state index in [1.165, 1.54) is 0 Å². The van der Waals surface area contributed by atoms with Gasteiger partial charge in [-0.05, 0) is 33.6 Å². The fourth-order valence-electron chi connectivity index (χ4n) is 1.16. The van der Waals surface area contributed by atoms with Gasteiger partial charge in [0.1, 0.15) is 0 Å². The van der Waals surface area contributed by atoms with Gasteiger partial charge in [-0.15, -0.1) is 0 Å². The predicted octanol–water partition coefficient (Wildman–Crippen LogP) is 2.16. The molecule has 4 nitrogen and oxygen atoms in total. The molecule has 0 amide bonds. The third kappa shape index (κ3) is 11.5. The summed E-state index contributed by atoms with van der Waals surface area (Å²) in [5, 5.41) is 0. The number of esters is 1. The molecule has 0 aromatic carbocycles. The summed E-state index contributed by atoms with van der Waals surface area (Å²) in [7, 11) is 0. The van der Waals surface area contributed by atoms with E-state index in [1.807, 2.05) is 20.8 Å². The molecule has 0 fully saturated rings. The van der Waals surface area contributed by atoms with Crippen molar-refractivity contribution in [3.63, 3.8) is 0 Å². The van der Waals surface area contributed by atoms with Crippen LogP contribution in [-0.2, 0) is 19.0 Å². The van der Waals surface area contributed by atoms with Crippen LogP contribution in [0.15, 0.2) is 0 Å². The van der Waals surface area contributed by atoms with E-state index in [-0.39, 0.29) is 12.1 Å². The van der Waals surface area contributed by atoms with Crippen LogP contribution in [0.1, 0.15) is 40.0 Å². The second kappa shape index (κ2) is 10.9. The van der Waals surface area contributed by atoms with E-state index in [4.69, 9.17) is 14.2 Å². The first-order valence-corrected chi connectivity index (χ1v) is 6.01. The van der Waals surface area contributed by atoms with Crippen LogP contribution in [-0.4, -0.2) is 38.5 Å². The number of carbonyl (C=O) groups is 1. The largest absolute Gasteiger partial charge is 0.463 e. The van der Waals surface area contributed by atoms with Crippen LogP contribution in [0.25, 0.3) is 0 Å². The molecule has 0 unspecified atom stereocenters. The normalized spacial score (nSPS) is 10.8. The van der Waals surface area contributed by atoms with Crippen molar-refractivity contribution in [2.75, 3.05) is 26.4 Å². The SMILES string of the molecule is CCOCCOCCCCC(=O)OC(C)C. The summed E-state index contributed by atoms with van der Waals surface area (Å²) in [6, 6.07) is 0. The number of carbonyl (C=O) groups excluding carboxylic acids is 1. The summed E-state index contributed by atoms with van der Waals surface area (Å²) in [5.41, 5.74) is 0. The van der Waals surface area contributed by atoms with Gasteiger partial charge < -0.3 is 14.2 Å². The third-order valence-electron chi connectivity index (χ3n) is 1.86. The highest BCUT2D eigenvalue weighted by atomic mass is 16.5. The molecule has 0 aliphatic carbocycles. The zero-order chi connectivity index (χ0) is 12.2. The molecule has 96 valence electrons.